The first-order chi connectivity index (χ1) is 17.3. The Morgan fingerprint density at radius 3 is 2.75 bits per heavy atom. The van der Waals surface area contributed by atoms with Crippen molar-refractivity contribution in [3.05, 3.63) is 61.3 Å². The topological polar surface area (TPSA) is 115 Å². The summed E-state index contributed by atoms with van der Waals surface area (Å²) < 4.78 is 39.3. The number of nitrogens with one attached hydrogen (secondary N) is 1. The summed E-state index contributed by atoms with van der Waals surface area (Å²) in [5, 5.41) is 21.1. The second kappa shape index (κ2) is 9.10. The first-order valence-corrected chi connectivity index (χ1v) is 10.8. The van der Waals surface area contributed by atoms with Gasteiger partial charge < -0.3 is 14.8 Å². The molecule has 5 rings (SSSR count). The molecule has 1 N–H and O–H groups in total. The lowest BCUT2D eigenvalue weighted by Crippen LogP contribution is -2.19. The van der Waals surface area contributed by atoms with Gasteiger partial charge >= 0.3 is 6.61 Å². The zero-order chi connectivity index (χ0) is 25.3. The molecule has 5 heterocycles. The highest BCUT2D eigenvalue weighted by Gasteiger charge is 2.20. The first-order valence-electron chi connectivity index (χ1n) is 10.8. The number of anilines is 2. The SMILES string of the molecule is CC(C)(C#N)COc1cnc(OC(F)F)cc1-c1ccn2nc(Nc3ccn4ncnc4c3)cc2c1. The summed E-state index contributed by atoms with van der Waals surface area (Å²) in [6.45, 7) is 0.550. The van der Waals surface area contributed by atoms with Crippen LogP contribution in [0.25, 0.3) is 22.3 Å². The van der Waals surface area contributed by atoms with Gasteiger partial charge in [-0.05, 0) is 37.6 Å². The zero-order valence-electron chi connectivity index (χ0n) is 19.3. The highest BCUT2D eigenvalue weighted by atomic mass is 19.3. The van der Waals surface area contributed by atoms with Crippen molar-refractivity contribution < 1.29 is 18.3 Å². The molecule has 0 saturated heterocycles. The normalized spacial score (nSPS) is 11.7. The number of nitrogens with zero attached hydrogens (tertiary/aromatic N) is 7. The van der Waals surface area contributed by atoms with Crippen LogP contribution in [0, 0.1) is 16.7 Å². The van der Waals surface area contributed by atoms with Crippen molar-refractivity contribution >= 4 is 22.7 Å². The van der Waals surface area contributed by atoms with Crippen molar-refractivity contribution in [2.24, 2.45) is 5.41 Å². The van der Waals surface area contributed by atoms with Gasteiger partial charge in [0.05, 0.1) is 23.2 Å². The van der Waals surface area contributed by atoms with E-state index in [1.54, 1.807) is 41.3 Å². The quantitative estimate of drug-likeness (QED) is 0.333. The standard InChI is InChI=1S/C24H20F2N8O2/c1-24(2,12-27)13-35-19-11-28-22(36-23(25)26)10-18(19)15-3-5-33-17(7-15)9-20(32-33)31-16-4-6-34-21(8-16)29-14-30-34/h3-11,14,23H,13H2,1-2H3,(H,31,32). The Hall–Kier alpha value is -4.79. The van der Waals surface area contributed by atoms with Crippen LogP contribution in [-0.4, -0.2) is 42.4 Å². The number of hydrogen-bond acceptors (Lipinski definition) is 8. The lowest BCUT2D eigenvalue weighted by atomic mass is 9.97. The number of ether oxygens (including phenoxy) is 2. The lowest BCUT2D eigenvalue weighted by Gasteiger charge is -2.18. The van der Waals surface area contributed by atoms with E-state index in [0.29, 0.717) is 28.3 Å². The molecule has 0 fully saturated rings. The Morgan fingerprint density at radius 2 is 1.94 bits per heavy atom. The molecule has 5 aromatic heterocycles. The maximum absolute atomic E-state index is 12.8. The van der Waals surface area contributed by atoms with Crippen molar-refractivity contribution in [2.75, 3.05) is 11.9 Å². The summed E-state index contributed by atoms with van der Waals surface area (Å²) >= 11 is 0. The zero-order valence-corrected chi connectivity index (χ0v) is 19.3. The summed E-state index contributed by atoms with van der Waals surface area (Å²) in [5.74, 6) is 0.690. The molecule has 5 aromatic rings. The molecule has 0 radical (unpaired) electrons. The van der Waals surface area contributed by atoms with Crippen LogP contribution in [0.15, 0.2) is 61.3 Å². The van der Waals surface area contributed by atoms with Gasteiger partial charge in [0, 0.05) is 41.8 Å². The summed E-state index contributed by atoms with van der Waals surface area (Å²) in [7, 11) is 0. The van der Waals surface area contributed by atoms with E-state index >= 15 is 0 Å². The van der Waals surface area contributed by atoms with E-state index in [1.807, 2.05) is 24.3 Å². The van der Waals surface area contributed by atoms with E-state index in [4.69, 9.17) is 4.74 Å². The Bertz CT molecular complexity index is 1590. The molecule has 0 saturated carbocycles. The molecule has 0 amide bonds. The van der Waals surface area contributed by atoms with Gasteiger partial charge in [0.1, 0.15) is 18.7 Å². The molecule has 182 valence electrons. The maximum atomic E-state index is 12.8. The minimum atomic E-state index is -3.02. The fourth-order valence-electron chi connectivity index (χ4n) is 3.47. The second-order valence-electron chi connectivity index (χ2n) is 8.60. The van der Waals surface area contributed by atoms with Gasteiger partial charge in [-0.25, -0.2) is 19.0 Å². The van der Waals surface area contributed by atoms with Crippen molar-refractivity contribution in [2.45, 2.75) is 20.5 Å². The van der Waals surface area contributed by atoms with Crippen LogP contribution in [0.2, 0.25) is 0 Å². The highest BCUT2D eigenvalue weighted by Crippen LogP contribution is 2.34. The van der Waals surface area contributed by atoms with E-state index in [1.165, 1.54) is 18.6 Å². The van der Waals surface area contributed by atoms with Gasteiger partial charge in [-0.3, -0.25) is 0 Å². The molecule has 36 heavy (non-hydrogen) atoms. The van der Waals surface area contributed by atoms with Crippen LogP contribution in [0.4, 0.5) is 20.3 Å². The van der Waals surface area contributed by atoms with Crippen LogP contribution in [0.5, 0.6) is 11.6 Å². The summed E-state index contributed by atoms with van der Waals surface area (Å²) in [6, 6.07) is 12.7. The first kappa shape index (κ1) is 23.0. The number of halogens is 2. The third-order valence-electron chi connectivity index (χ3n) is 5.27. The predicted molar refractivity (Wildman–Crippen MR) is 126 cm³/mol. The average Bonchev–Trinajstić information content (AvgIpc) is 3.48. The van der Waals surface area contributed by atoms with Gasteiger partial charge in [-0.15, -0.1) is 0 Å². The Kier molecular flexibility index (Phi) is 5.81. The monoisotopic (exact) mass is 490 g/mol. The Labute approximate surface area is 203 Å². The molecule has 12 heteroatoms. The molecular formula is C24H20F2N8O2. The number of alkyl halides is 2. The lowest BCUT2D eigenvalue weighted by molar-refractivity contribution is -0.0528. The largest absolute Gasteiger partial charge is 0.490 e. The molecule has 10 nitrogen and oxygen atoms in total. The number of hydrogen-bond donors (Lipinski definition) is 1. The molecule has 0 bridgehead atoms. The van der Waals surface area contributed by atoms with Gasteiger partial charge in [-0.2, -0.15) is 24.2 Å². The fraction of sp³-hybridized carbons (Fsp3) is 0.208. The summed E-state index contributed by atoms with van der Waals surface area (Å²) in [4.78, 5) is 8.09. The van der Waals surface area contributed by atoms with E-state index in [0.717, 1.165) is 11.2 Å². The van der Waals surface area contributed by atoms with E-state index in [9.17, 15) is 14.0 Å². The van der Waals surface area contributed by atoms with Crippen LogP contribution in [-0.2, 0) is 0 Å². The molecule has 0 aliphatic rings. The molecule has 0 unspecified atom stereocenters. The van der Waals surface area contributed by atoms with E-state index in [-0.39, 0.29) is 12.5 Å². The summed E-state index contributed by atoms with van der Waals surface area (Å²) in [5.41, 5.74) is 2.64. The van der Waals surface area contributed by atoms with E-state index < -0.39 is 12.0 Å². The van der Waals surface area contributed by atoms with Crippen LogP contribution >= 0.6 is 0 Å². The van der Waals surface area contributed by atoms with Gasteiger partial charge in [0.15, 0.2) is 11.5 Å². The van der Waals surface area contributed by atoms with Gasteiger partial charge in [0.2, 0.25) is 5.88 Å². The number of pyridine rings is 3. The Morgan fingerprint density at radius 1 is 1.11 bits per heavy atom. The minimum absolute atomic E-state index is 0.0899. The summed E-state index contributed by atoms with van der Waals surface area (Å²) in [6.07, 6.45) is 6.32. The predicted octanol–water partition coefficient (Wildman–Crippen LogP) is 4.71. The number of nitriles is 1. The van der Waals surface area contributed by atoms with Crippen LogP contribution in [0.3, 0.4) is 0 Å². The van der Waals surface area contributed by atoms with Crippen LogP contribution < -0.4 is 14.8 Å². The number of aromatic nitrogens is 6. The molecule has 0 aliphatic carbocycles. The molecule has 0 aliphatic heterocycles. The number of fused-ring (bicyclic) bond motifs is 2. The smallest absolute Gasteiger partial charge is 0.388 e. The third-order valence-corrected chi connectivity index (χ3v) is 5.27. The number of rotatable bonds is 8. The molecule has 0 spiro atoms. The van der Waals surface area contributed by atoms with Crippen molar-refractivity contribution in [1.82, 2.24) is 29.2 Å². The van der Waals surface area contributed by atoms with Gasteiger partial charge in [-0.1, -0.05) is 0 Å². The van der Waals surface area contributed by atoms with Crippen molar-refractivity contribution in [3.63, 3.8) is 0 Å². The van der Waals surface area contributed by atoms with Gasteiger partial charge in [0.25, 0.3) is 0 Å². The van der Waals surface area contributed by atoms with Crippen molar-refractivity contribution in [1.29, 1.82) is 5.26 Å². The van der Waals surface area contributed by atoms with Crippen molar-refractivity contribution in [3.8, 4) is 28.8 Å². The maximum Gasteiger partial charge on any atom is 0.388 e. The van der Waals surface area contributed by atoms with E-state index in [2.05, 4.69) is 36.3 Å². The highest BCUT2D eigenvalue weighted by molar-refractivity contribution is 5.76. The third kappa shape index (κ3) is 4.85. The molecule has 0 aromatic carbocycles. The van der Waals surface area contributed by atoms with Crippen LogP contribution in [0.1, 0.15) is 13.8 Å². The fourth-order valence-corrected chi connectivity index (χ4v) is 3.47. The minimum Gasteiger partial charge on any atom is -0.490 e. The molecule has 0 atom stereocenters. The molecular weight excluding hydrogens is 470 g/mol. The Balaban J connectivity index is 1.47. The second-order valence-corrected chi connectivity index (χ2v) is 8.60. The average molecular weight is 490 g/mol.